The van der Waals surface area contributed by atoms with Gasteiger partial charge < -0.3 is 5.73 Å². The number of likely N-dealkylation sites (tertiary alicyclic amines) is 1. The van der Waals surface area contributed by atoms with E-state index in [0.29, 0.717) is 18.9 Å². The second kappa shape index (κ2) is 6.93. The van der Waals surface area contributed by atoms with E-state index in [-0.39, 0.29) is 12.0 Å². The lowest BCUT2D eigenvalue weighted by molar-refractivity contribution is -0.137. The fourth-order valence-corrected chi connectivity index (χ4v) is 2.95. The fraction of sp³-hybridized carbons (Fsp3) is 1.00. The van der Waals surface area contributed by atoms with Crippen LogP contribution in [0.3, 0.4) is 0 Å². The molecule has 5 heteroatoms. The Labute approximate surface area is 114 Å². The number of nitrogens with two attached hydrogens (primary N) is 1. The van der Waals surface area contributed by atoms with Gasteiger partial charge in [0.15, 0.2) is 0 Å². The molecule has 0 aromatic heterocycles. The van der Waals surface area contributed by atoms with Crippen molar-refractivity contribution < 1.29 is 13.2 Å². The first-order chi connectivity index (χ1) is 8.80. The highest BCUT2D eigenvalue weighted by atomic mass is 19.4. The molecule has 2 nitrogen and oxygen atoms in total. The van der Waals surface area contributed by atoms with E-state index in [4.69, 9.17) is 5.73 Å². The SMILES string of the molecule is CCC1CCCN(C(C)(CN)CCCC(F)(F)F)C1. The summed E-state index contributed by atoms with van der Waals surface area (Å²) >= 11 is 0. The molecule has 0 amide bonds. The molecule has 1 saturated heterocycles. The Bertz CT molecular complexity index is 268. The Kier molecular flexibility index (Phi) is 6.12. The van der Waals surface area contributed by atoms with Crippen molar-refractivity contribution in [2.24, 2.45) is 11.7 Å². The van der Waals surface area contributed by atoms with Gasteiger partial charge in [-0.1, -0.05) is 13.3 Å². The van der Waals surface area contributed by atoms with E-state index in [1.807, 2.05) is 6.92 Å². The van der Waals surface area contributed by atoms with Crippen LogP contribution in [-0.2, 0) is 0 Å². The number of halogens is 3. The lowest BCUT2D eigenvalue weighted by Crippen LogP contribution is -2.55. The second-order valence-corrected chi connectivity index (χ2v) is 6.03. The molecular formula is C14H27F3N2. The molecule has 0 aromatic carbocycles. The van der Waals surface area contributed by atoms with Crippen LogP contribution in [0.25, 0.3) is 0 Å². The molecule has 1 heterocycles. The zero-order valence-corrected chi connectivity index (χ0v) is 12.1. The highest BCUT2D eigenvalue weighted by molar-refractivity contribution is 4.90. The molecule has 2 N–H and O–H groups in total. The molecule has 0 aliphatic carbocycles. The van der Waals surface area contributed by atoms with Gasteiger partial charge in [0.05, 0.1) is 0 Å². The Morgan fingerprint density at radius 1 is 1.26 bits per heavy atom. The average molecular weight is 280 g/mol. The molecule has 0 saturated carbocycles. The molecule has 1 aliphatic rings. The summed E-state index contributed by atoms with van der Waals surface area (Å²) < 4.78 is 36.7. The Hall–Kier alpha value is -0.290. The Balaban J connectivity index is 2.53. The molecule has 1 fully saturated rings. The first-order valence-corrected chi connectivity index (χ1v) is 7.32. The molecule has 1 rings (SSSR count). The van der Waals surface area contributed by atoms with Gasteiger partial charge in [-0.15, -0.1) is 0 Å². The summed E-state index contributed by atoms with van der Waals surface area (Å²) in [4.78, 5) is 2.32. The monoisotopic (exact) mass is 280 g/mol. The highest BCUT2D eigenvalue weighted by Crippen LogP contribution is 2.31. The maximum absolute atomic E-state index is 12.2. The van der Waals surface area contributed by atoms with Crippen LogP contribution >= 0.6 is 0 Å². The van der Waals surface area contributed by atoms with Crippen LogP contribution < -0.4 is 5.73 Å². The molecule has 0 bridgehead atoms. The van der Waals surface area contributed by atoms with Gasteiger partial charge in [0.1, 0.15) is 0 Å². The lowest BCUT2D eigenvalue weighted by atomic mass is 9.87. The second-order valence-electron chi connectivity index (χ2n) is 6.03. The maximum atomic E-state index is 12.2. The van der Waals surface area contributed by atoms with Gasteiger partial charge in [0.2, 0.25) is 0 Å². The quantitative estimate of drug-likeness (QED) is 0.806. The van der Waals surface area contributed by atoms with Crippen LogP contribution in [0, 0.1) is 5.92 Å². The predicted octanol–water partition coefficient (Wildman–Crippen LogP) is 3.56. The molecule has 114 valence electrons. The van der Waals surface area contributed by atoms with Gasteiger partial charge in [-0.2, -0.15) is 13.2 Å². The third-order valence-corrected chi connectivity index (χ3v) is 4.48. The largest absolute Gasteiger partial charge is 0.389 e. The normalized spacial score (nSPS) is 25.3. The maximum Gasteiger partial charge on any atom is 0.389 e. The van der Waals surface area contributed by atoms with Crippen LogP contribution in [0.4, 0.5) is 13.2 Å². The van der Waals surface area contributed by atoms with E-state index in [2.05, 4.69) is 11.8 Å². The van der Waals surface area contributed by atoms with E-state index >= 15 is 0 Å². The lowest BCUT2D eigenvalue weighted by Gasteiger charge is -2.45. The van der Waals surface area contributed by atoms with Crippen LogP contribution in [0.15, 0.2) is 0 Å². The Morgan fingerprint density at radius 2 is 1.95 bits per heavy atom. The molecule has 0 aromatic rings. The molecule has 0 spiro atoms. The van der Waals surface area contributed by atoms with E-state index in [1.54, 1.807) is 0 Å². The third-order valence-electron chi connectivity index (χ3n) is 4.48. The minimum atomic E-state index is -4.05. The number of rotatable bonds is 6. The number of nitrogens with zero attached hydrogens (tertiary/aromatic N) is 1. The fourth-order valence-electron chi connectivity index (χ4n) is 2.95. The van der Waals surface area contributed by atoms with Crippen molar-refractivity contribution in [1.82, 2.24) is 4.90 Å². The van der Waals surface area contributed by atoms with Crippen molar-refractivity contribution in [3.8, 4) is 0 Å². The van der Waals surface area contributed by atoms with Gasteiger partial charge in [-0.3, -0.25) is 4.90 Å². The van der Waals surface area contributed by atoms with E-state index in [9.17, 15) is 13.2 Å². The van der Waals surface area contributed by atoms with E-state index < -0.39 is 12.6 Å². The van der Waals surface area contributed by atoms with Crippen LogP contribution in [-0.4, -0.2) is 36.2 Å². The average Bonchev–Trinajstić information content (AvgIpc) is 2.37. The smallest absolute Gasteiger partial charge is 0.329 e. The van der Waals surface area contributed by atoms with Gasteiger partial charge in [0, 0.05) is 25.0 Å². The summed E-state index contributed by atoms with van der Waals surface area (Å²) in [6.07, 6.45) is -0.551. The minimum absolute atomic E-state index is 0.171. The summed E-state index contributed by atoms with van der Waals surface area (Å²) in [5.74, 6) is 0.669. The van der Waals surface area contributed by atoms with Crippen molar-refractivity contribution in [2.75, 3.05) is 19.6 Å². The summed E-state index contributed by atoms with van der Waals surface area (Å²) in [5, 5.41) is 0. The van der Waals surface area contributed by atoms with Crippen molar-refractivity contribution in [1.29, 1.82) is 0 Å². The third kappa shape index (κ3) is 5.30. The van der Waals surface area contributed by atoms with Crippen LogP contribution in [0.5, 0.6) is 0 Å². The van der Waals surface area contributed by atoms with Crippen molar-refractivity contribution in [3.63, 3.8) is 0 Å². The van der Waals surface area contributed by atoms with Crippen LogP contribution in [0.1, 0.15) is 52.4 Å². The number of piperidine rings is 1. The van der Waals surface area contributed by atoms with E-state index in [1.165, 1.54) is 6.42 Å². The number of hydrogen-bond donors (Lipinski definition) is 1. The summed E-state index contributed by atoms with van der Waals surface area (Å²) in [6, 6.07) is 0. The van der Waals surface area contributed by atoms with Gasteiger partial charge >= 0.3 is 6.18 Å². The zero-order valence-electron chi connectivity index (χ0n) is 12.1. The standard InChI is InChI=1S/C14H27F3N2/c1-3-12-6-4-9-19(10-12)13(2,11-18)7-5-8-14(15,16)17/h12H,3-11,18H2,1-2H3. The molecule has 0 radical (unpaired) electrons. The zero-order chi connectivity index (χ0) is 14.5. The summed E-state index contributed by atoms with van der Waals surface area (Å²) in [7, 11) is 0. The molecule has 1 aliphatic heterocycles. The van der Waals surface area contributed by atoms with Gasteiger partial charge in [-0.25, -0.2) is 0 Å². The van der Waals surface area contributed by atoms with Crippen molar-refractivity contribution in [2.45, 2.75) is 64.1 Å². The summed E-state index contributed by atoms with van der Waals surface area (Å²) in [5.41, 5.74) is 5.57. The van der Waals surface area contributed by atoms with Crippen molar-refractivity contribution >= 4 is 0 Å². The number of hydrogen-bond acceptors (Lipinski definition) is 2. The highest BCUT2D eigenvalue weighted by Gasteiger charge is 2.35. The van der Waals surface area contributed by atoms with E-state index in [0.717, 1.165) is 25.9 Å². The summed E-state index contributed by atoms with van der Waals surface area (Å²) in [6.45, 7) is 6.58. The van der Waals surface area contributed by atoms with Gasteiger partial charge in [0.25, 0.3) is 0 Å². The minimum Gasteiger partial charge on any atom is -0.329 e. The van der Waals surface area contributed by atoms with Crippen LogP contribution in [0.2, 0.25) is 0 Å². The molecule has 19 heavy (non-hydrogen) atoms. The molecule has 2 atom stereocenters. The first-order valence-electron chi connectivity index (χ1n) is 7.32. The number of alkyl halides is 3. The topological polar surface area (TPSA) is 29.3 Å². The van der Waals surface area contributed by atoms with Gasteiger partial charge in [-0.05, 0) is 45.1 Å². The first kappa shape index (κ1) is 16.8. The predicted molar refractivity (Wildman–Crippen MR) is 72.0 cm³/mol. The van der Waals surface area contributed by atoms with Crippen molar-refractivity contribution in [3.05, 3.63) is 0 Å². The Morgan fingerprint density at radius 3 is 2.47 bits per heavy atom. The molecular weight excluding hydrogens is 253 g/mol. The molecule has 2 unspecified atom stereocenters.